The molecule has 2 aromatic rings. The molecule has 1 amide bonds. The van der Waals surface area contributed by atoms with Crippen molar-refractivity contribution in [2.45, 2.75) is 45.7 Å². The predicted molar refractivity (Wildman–Crippen MR) is 111 cm³/mol. The number of piperidine rings is 1. The number of nitrogens with zero attached hydrogens (tertiary/aromatic N) is 3. The van der Waals surface area contributed by atoms with Gasteiger partial charge in [-0.15, -0.1) is 0 Å². The molecule has 0 atom stereocenters. The van der Waals surface area contributed by atoms with E-state index in [4.69, 9.17) is 4.74 Å². The monoisotopic (exact) mass is 381 g/mol. The van der Waals surface area contributed by atoms with Crippen LogP contribution < -0.4 is 4.74 Å². The molecule has 1 aliphatic heterocycles. The largest absolute Gasteiger partial charge is 0.492 e. The van der Waals surface area contributed by atoms with Crippen LogP contribution in [0.25, 0.3) is 0 Å². The molecular formula is C23H31N3O2. The van der Waals surface area contributed by atoms with Gasteiger partial charge in [0.15, 0.2) is 0 Å². The quantitative estimate of drug-likeness (QED) is 0.661. The summed E-state index contributed by atoms with van der Waals surface area (Å²) in [5, 5.41) is 0. The van der Waals surface area contributed by atoms with Crippen molar-refractivity contribution in [3.05, 3.63) is 59.9 Å². The first-order chi connectivity index (χ1) is 13.7. The van der Waals surface area contributed by atoms with Gasteiger partial charge in [-0.25, -0.2) is 0 Å². The number of pyridine rings is 1. The van der Waals surface area contributed by atoms with Crippen LogP contribution in [0.4, 0.5) is 0 Å². The molecule has 5 nitrogen and oxygen atoms in total. The SMILES string of the molecule is CCC(=O)N(Cc1ccc(OCCN2CCCCC2)cc1)Cc1ccccn1. The highest BCUT2D eigenvalue weighted by molar-refractivity contribution is 5.75. The van der Waals surface area contributed by atoms with Crippen LogP contribution >= 0.6 is 0 Å². The second-order valence-electron chi connectivity index (χ2n) is 7.32. The van der Waals surface area contributed by atoms with Crippen LogP contribution in [-0.2, 0) is 17.9 Å². The van der Waals surface area contributed by atoms with Crippen LogP contribution in [0.3, 0.4) is 0 Å². The van der Waals surface area contributed by atoms with Crippen LogP contribution in [0.5, 0.6) is 5.75 Å². The Morgan fingerprint density at radius 1 is 1.07 bits per heavy atom. The molecule has 0 aliphatic carbocycles. The van der Waals surface area contributed by atoms with E-state index in [1.54, 1.807) is 6.20 Å². The molecule has 0 saturated carbocycles. The van der Waals surface area contributed by atoms with Gasteiger partial charge in [-0.05, 0) is 55.8 Å². The second-order valence-corrected chi connectivity index (χ2v) is 7.32. The maximum atomic E-state index is 12.3. The normalized spacial score (nSPS) is 14.6. The molecule has 1 aromatic heterocycles. The van der Waals surface area contributed by atoms with Gasteiger partial charge in [-0.2, -0.15) is 0 Å². The number of carbonyl (C=O) groups is 1. The first-order valence-electron chi connectivity index (χ1n) is 10.4. The second kappa shape index (κ2) is 10.8. The number of hydrogen-bond acceptors (Lipinski definition) is 4. The lowest BCUT2D eigenvalue weighted by Crippen LogP contribution is -2.33. The third-order valence-corrected chi connectivity index (χ3v) is 5.16. The molecule has 0 unspecified atom stereocenters. The Morgan fingerprint density at radius 2 is 1.86 bits per heavy atom. The number of benzene rings is 1. The Morgan fingerprint density at radius 3 is 2.54 bits per heavy atom. The van der Waals surface area contributed by atoms with E-state index in [0.29, 0.717) is 19.5 Å². The lowest BCUT2D eigenvalue weighted by atomic mass is 10.1. The molecular weight excluding hydrogens is 350 g/mol. The summed E-state index contributed by atoms with van der Waals surface area (Å²) in [5.41, 5.74) is 2.00. The van der Waals surface area contributed by atoms with Crippen LogP contribution in [0.1, 0.15) is 43.9 Å². The lowest BCUT2D eigenvalue weighted by Gasteiger charge is -2.26. The molecule has 0 spiro atoms. The van der Waals surface area contributed by atoms with Gasteiger partial charge in [-0.3, -0.25) is 14.7 Å². The Labute approximate surface area is 168 Å². The standard InChI is InChI=1S/C23H31N3O2/c1-2-23(27)26(19-21-8-4-5-13-24-21)18-20-9-11-22(12-10-20)28-17-16-25-14-6-3-7-15-25/h4-5,8-13H,2-3,6-7,14-19H2,1H3. The van der Waals surface area contributed by atoms with E-state index in [2.05, 4.69) is 9.88 Å². The molecule has 2 heterocycles. The van der Waals surface area contributed by atoms with Gasteiger partial charge in [0.05, 0.1) is 12.2 Å². The van der Waals surface area contributed by atoms with Crippen molar-refractivity contribution >= 4 is 5.91 Å². The van der Waals surface area contributed by atoms with E-state index >= 15 is 0 Å². The molecule has 1 aromatic carbocycles. The summed E-state index contributed by atoms with van der Waals surface area (Å²) < 4.78 is 5.90. The minimum atomic E-state index is 0.132. The number of ether oxygens (including phenoxy) is 1. The number of carbonyl (C=O) groups excluding carboxylic acids is 1. The zero-order chi connectivity index (χ0) is 19.6. The summed E-state index contributed by atoms with van der Waals surface area (Å²) >= 11 is 0. The summed E-state index contributed by atoms with van der Waals surface area (Å²) in [6, 6.07) is 13.9. The summed E-state index contributed by atoms with van der Waals surface area (Å²) in [6.45, 7) is 7.11. The fraction of sp³-hybridized carbons (Fsp3) is 0.478. The smallest absolute Gasteiger partial charge is 0.222 e. The summed E-state index contributed by atoms with van der Waals surface area (Å²) in [7, 11) is 0. The molecule has 1 saturated heterocycles. The average Bonchev–Trinajstić information content (AvgIpc) is 2.75. The molecule has 3 rings (SSSR count). The Balaban J connectivity index is 1.51. The summed E-state index contributed by atoms with van der Waals surface area (Å²) in [4.78, 5) is 21.0. The number of likely N-dealkylation sites (tertiary alicyclic amines) is 1. The molecule has 0 N–H and O–H groups in total. The van der Waals surface area contributed by atoms with Crippen molar-refractivity contribution in [1.82, 2.24) is 14.8 Å². The number of aromatic nitrogens is 1. The van der Waals surface area contributed by atoms with E-state index in [9.17, 15) is 4.79 Å². The first kappa shape index (κ1) is 20.3. The van der Waals surface area contributed by atoms with E-state index in [-0.39, 0.29) is 5.91 Å². The molecule has 1 aliphatic rings. The van der Waals surface area contributed by atoms with E-state index in [1.165, 1.54) is 32.4 Å². The summed E-state index contributed by atoms with van der Waals surface area (Å²) in [5.74, 6) is 1.02. The van der Waals surface area contributed by atoms with Crippen molar-refractivity contribution in [3.63, 3.8) is 0 Å². The van der Waals surface area contributed by atoms with E-state index in [1.807, 2.05) is 54.3 Å². The van der Waals surface area contributed by atoms with Gasteiger partial charge >= 0.3 is 0 Å². The minimum Gasteiger partial charge on any atom is -0.492 e. The first-order valence-corrected chi connectivity index (χ1v) is 10.4. The molecule has 150 valence electrons. The molecule has 1 fully saturated rings. The van der Waals surface area contributed by atoms with E-state index < -0.39 is 0 Å². The van der Waals surface area contributed by atoms with Crippen LogP contribution in [-0.4, -0.2) is 46.9 Å². The highest BCUT2D eigenvalue weighted by atomic mass is 16.5. The molecule has 0 bridgehead atoms. The van der Waals surface area contributed by atoms with Crippen molar-refractivity contribution < 1.29 is 9.53 Å². The van der Waals surface area contributed by atoms with Gasteiger partial charge in [0.25, 0.3) is 0 Å². The predicted octanol–water partition coefficient (Wildman–Crippen LogP) is 3.89. The Bertz CT molecular complexity index is 712. The van der Waals surface area contributed by atoms with Gasteiger partial charge < -0.3 is 9.64 Å². The highest BCUT2D eigenvalue weighted by Gasteiger charge is 2.14. The fourth-order valence-electron chi connectivity index (χ4n) is 3.53. The van der Waals surface area contributed by atoms with E-state index in [0.717, 1.165) is 30.2 Å². The maximum Gasteiger partial charge on any atom is 0.222 e. The van der Waals surface area contributed by atoms with Crippen molar-refractivity contribution in [1.29, 1.82) is 0 Å². The van der Waals surface area contributed by atoms with Crippen LogP contribution in [0.2, 0.25) is 0 Å². The summed E-state index contributed by atoms with van der Waals surface area (Å²) in [6.07, 6.45) is 6.22. The third kappa shape index (κ3) is 6.34. The average molecular weight is 382 g/mol. The zero-order valence-corrected chi connectivity index (χ0v) is 16.8. The minimum absolute atomic E-state index is 0.132. The maximum absolute atomic E-state index is 12.3. The zero-order valence-electron chi connectivity index (χ0n) is 16.8. The number of hydrogen-bond donors (Lipinski definition) is 0. The number of amides is 1. The fourth-order valence-corrected chi connectivity index (χ4v) is 3.53. The molecule has 0 radical (unpaired) electrons. The van der Waals surface area contributed by atoms with Gasteiger partial charge in [0.1, 0.15) is 12.4 Å². The number of rotatable bonds is 9. The van der Waals surface area contributed by atoms with Crippen molar-refractivity contribution in [3.8, 4) is 5.75 Å². The van der Waals surface area contributed by atoms with Gasteiger partial charge in [-0.1, -0.05) is 31.5 Å². The highest BCUT2D eigenvalue weighted by Crippen LogP contribution is 2.16. The Hall–Kier alpha value is -2.40. The van der Waals surface area contributed by atoms with Crippen molar-refractivity contribution in [2.75, 3.05) is 26.2 Å². The Kier molecular flexibility index (Phi) is 7.85. The third-order valence-electron chi connectivity index (χ3n) is 5.16. The van der Waals surface area contributed by atoms with Gasteiger partial charge in [0.2, 0.25) is 5.91 Å². The molecule has 5 heteroatoms. The van der Waals surface area contributed by atoms with Crippen molar-refractivity contribution in [2.24, 2.45) is 0 Å². The van der Waals surface area contributed by atoms with Crippen LogP contribution in [0, 0.1) is 0 Å². The lowest BCUT2D eigenvalue weighted by molar-refractivity contribution is -0.132. The topological polar surface area (TPSA) is 45.7 Å². The van der Waals surface area contributed by atoms with Gasteiger partial charge in [0, 0.05) is 25.7 Å². The van der Waals surface area contributed by atoms with Crippen LogP contribution in [0.15, 0.2) is 48.7 Å². The molecule has 28 heavy (non-hydrogen) atoms.